The van der Waals surface area contributed by atoms with Gasteiger partial charge in [0.05, 0.1) is 18.9 Å². The number of rotatable bonds is 6. The molecular weight excluding hydrogens is 430 g/mol. The van der Waals surface area contributed by atoms with E-state index in [0.29, 0.717) is 33.7 Å². The zero-order valence-corrected chi connectivity index (χ0v) is 18.4. The molecule has 0 unspecified atom stereocenters. The topological polar surface area (TPSA) is 77.8 Å². The monoisotopic (exact) mass is 451 g/mol. The Morgan fingerprint density at radius 2 is 1.62 bits per heavy atom. The molecular formula is C28H21NO5. The van der Waals surface area contributed by atoms with Gasteiger partial charge in [-0.15, -0.1) is 0 Å². The summed E-state index contributed by atoms with van der Waals surface area (Å²) in [5, 5.41) is 2.84. The standard InChI is InChI=1S/C28H21NO5/c1-32-28(31)22-9-5-7-20(17-22)13-14-21-8-6-10-24(18-21)29-27(30)26-23(15-16-33-26)19-34-25-11-3-2-4-12-25/h2-12,15-18H,19H2,1H3,(H,29,30). The van der Waals surface area contributed by atoms with Crippen LogP contribution >= 0.6 is 0 Å². The van der Waals surface area contributed by atoms with Crippen LogP contribution in [0.5, 0.6) is 5.75 Å². The Labute approximate surface area is 197 Å². The second-order valence-electron chi connectivity index (χ2n) is 7.23. The van der Waals surface area contributed by atoms with Crippen LogP contribution in [0.25, 0.3) is 0 Å². The van der Waals surface area contributed by atoms with Crippen molar-refractivity contribution in [1.82, 2.24) is 0 Å². The lowest BCUT2D eigenvalue weighted by molar-refractivity contribution is 0.0600. The van der Waals surface area contributed by atoms with Crippen LogP contribution in [0, 0.1) is 11.8 Å². The van der Waals surface area contributed by atoms with Crippen LogP contribution in [0.1, 0.15) is 37.6 Å². The van der Waals surface area contributed by atoms with Crippen molar-refractivity contribution in [2.75, 3.05) is 12.4 Å². The van der Waals surface area contributed by atoms with Crippen LogP contribution in [0.15, 0.2) is 95.6 Å². The van der Waals surface area contributed by atoms with Crippen molar-refractivity contribution in [1.29, 1.82) is 0 Å². The van der Waals surface area contributed by atoms with E-state index in [0.717, 1.165) is 0 Å². The zero-order chi connectivity index (χ0) is 23.8. The van der Waals surface area contributed by atoms with Gasteiger partial charge in [-0.05, 0) is 54.6 Å². The lowest BCUT2D eigenvalue weighted by atomic mass is 10.1. The lowest BCUT2D eigenvalue weighted by Gasteiger charge is -2.07. The summed E-state index contributed by atoms with van der Waals surface area (Å²) in [5.41, 5.74) is 3.03. The van der Waals surface area contributed by atoms with Crippen molar-refractivity contribution in [3.8, 4) is 17.6 Å². The highest BCUT2D eigenvalue weighted by molar-refractivity contribution is 6.03. The fraction of sp³-hybridized carbons (Fsp3) is 0.0714. The van der Waals surface area contributed by atoms with E-state index < -0.39 is 5.97 Å². The molecule has 0 fully saturated rings. The Morgan fingerprint density at radius 1 is 0.882 bits per heavy atom. The van der Waals surface area contributed by atoms with Crippen LogP contribution in [0.2, 0.25) is 0 Å². The number of methoxy groups -OCH3 is 1. The molecule has 0 aliphatic heterocycles. The van der Waals surface area contributed by atoms with Crippen LogP contribution in [-0.2, 0) is 11.3 Å². The van der Waals surface area contributed by atoms with Gasteiger partial charge in [-0.3, -0.25) is 4.79 Å². The first-order valence-corrected chi connectivity index (χ1v) is 10.5. The van der Waals surface area contributed by atoms with Gasteiger partial charge in [0.1, 0.15) is 12.4 Å². The van der Waals surface area contributed by atoms with Gasteiger partial charge < -0.3 is 19.2 Å². The first kappa shape index (κ1) is 22.4. The van der Waals surface area contributed by atoms with Crippen molar-refractivity contribution in [3.63, 3.8) is 0 Å². The van der Waals surface area contributed by atoms with Gasteiger partial charge in [0.25, 0.3) is 5.91 Å². The Hall–Kier alpha value is -4.76. The van der Waals surface area contributed by atoms with Crippen molar-refractivity contribution >= 4 is 17.6 Å². The molecule has 6 nitrogen and oxygen atoms in total. The highest BCUT2D eigenvalue weighted by atomic mass is 16.5. The van der Waals surface area contributed by atoms with Crippen molar-refractivity contribution in [3.05, 3.63) is 119 Å². The molecule has 0 saturated carbocycles. The molecule has 1 N–H and O–H groups in total. The first-order chi connectivity index (χ1) is 16.6. The molecule has 0 aliphatic carbocycles. The average molecular weight is 451 g/mol. The molecule has 0 bridgehead atoms. The minimum absolute atomic E-state index is 0.187. The summed E-state index contributed by atoms with van der Waals surface area (Å²) in [4.78, 5) is 24.5. The number of hydrogen-bond acceptors (Lipinski definition) is 5. The molecule has 0 saturated heterocycles. The van der Waals surface area contributed by atoms with E-state index >= 15 is 0 Å². The average Bonchev–Trinajstić information content (AvgIpc) is 3.36. The highest BCUT2D eigenvalue weighted by Crippen LogP contribution is 2.18. The van der Waals surface area contributed by atoms with E-state index in [-0.39, 0.29) is 18.3 Å². The normalized spacial score (nSPS) is 10.0. The summed E-state index contributed by atoms with van der Waals surface area (Å²) in [6.07, 6.45) is 1.46. The lowest BCUT2D eigenvalue weighted by Crippen LogP contribution is -2.13. The molecule has 34 heavy (non-hydrogen) atoms. The molecule has 0 aliphatic rings. The van der Waals surface area contributed by atoms with Gasteiger partial charge in [-0.2, -0.15) is 0 Å². The van der Waals surface area contributed by atoms with E-state index in [9.17, 15) is 9.59 Å². The van der Waals surface area contributed by atoms with E-state index in [1.165, 1.54) is 13.4 Å². The Morgan fingerprint density at radius 3 is 2.38 bits per heavy atom. The summed E-state index contributed by atoms with van der Waals surface area (Å²) >= 11 is 0. The second kappa shape index (κ2) is 10.7. The molecule has 6 heteroatoms. The van der Waals surface area contributed by atoms with Gasteiger partial charge in [0.15, 0.2) is 5.76 Å². The number of ether oxygens (including phenoxy) is 2. The molecule has 1 amide bonds. The van der Waals surface area contributed by atoms with E-state index in [2.05, 4.69) is 17.2 Å². The number of nitrogens with one attached hydrogen (secondary N) is 1. The summed E-state index contributed by atoms with van der Waals surface area (Å²) in [7, 11) is 1.34. The minimum Gasteiger partial charge on any atom is -0.489 e. The Kier molecular flexibility index (Phi) is 7.06. The SMILES string of the molecule is COC(=O)c1cccc(C#Cc2cccc(NC(=O)c3occc3COc3ccccc3)c2)c1. The number of hydrogen-bond donors (Lipinski definition) is 1. The molecule has 0 spiro atoms. The molecule has 3 aromatic carbocycles. The molecule has 1 heterocycles. The van der Waals surface area contributed by atoms with Gasteiger partial charge in [0.2, 0.25) is 0 Å². The molecule has 0 atom stereocenters. The third-order valence-corrected chi connectivity index (χ3v) is 4.85. The number of carbonyl (C=O) groups excluding carboxylic acids is 2. The van der Waals surface area contributed by atoms with Gasteiger partial charge in [-0.1, -0.05) is 42.2 Å². The second-order valence-corrected chi connectivity index (χ2v) is 7.23. The maximum absolute atomic E-state index is 12.8. The molecule has 1 aromatic heterocycles. The summed E-state index contributed by atoms with van der Waals surface area (Å²) in [6, 6.07) is 25.1. The van der Waals surface area contributed by atoms with Gasteiger partial charge >= 0.3 is 5.97 Å². The number of furan rings is 1. The van der Waals surface area contributed by atoms with Crippen molar-refractivity contribution < 1.29 is 23.5 Å². The molecule has 168 valence electrons. The van der Waals surface area contributed by atoms with Crippen LogP contribution in [0.3, 0.4) is 0 Å². The van der Waals surface area contributed by atoms with Gasteiger partial charge in [0, 0.05) is 22.4 Å². The number of amides is 1. The predicted octanol–water partition coefficient (Wildman–Crippen LogP) is 5.30. The third kappa shape index (κ3) is 5.72. The van der Waals surface area contributed by atoms with Crippen molar-refractivity contribution in [2.45, 2.75) is 6.61 Å². The number of benzene rings is 3. The summed E-state index contributed by atoms with van der Waals surface area (Å²) in [5.74, 6) is 6.17. The third-order valence-electron chi connectivity index (χ3n) is 4.85. The van der Waals surface area contributed by atoms with Gasteiger partial charge in [-0.25, -0.2) is 4.79 Å². The predicted molar refractivity (Wildman–Crippen MR) is 128 cm³/mol. The molecule has 4 rings (SSSR count). The Balaban J connectivity index is 1.44. The zero-order valence-electron chi connectivity index (χ0n) is 18.4. The number of esters is 1. The van der Waals surface area contributed by atoms with Crippen molar-refractivity contribution in [2.24, 2.45) is 0 Å². The van der Waals surface area contributed by atoms with Crippen LogP contribution in [-0.4, -0.2) is 19.0 Å². The maximum atomic E-state index is 12.8. The first-order valence-electron chi connectivity index (χ1n) is 10.5. The minimum atomic E-state index is -0.417. The van der Waals surface area contributed by atoms with E-state index in [4.69, 9.17) is 13.9 Å². The van der Waals surface area contributed by atoms with E-state index in [1.807, 2.05) is 36.4 Å². The fourth-order valence-corrected chi connectivity index (χ4v) is 3.18. The quantitative estimate of drug-likeness (QED) is 0.318. The number of para-hydroxylation sites is 1. The van der Waals surface area contributed by atoms with Crippen LogP contribution < -0.4 is 10.1 Å². The molecule has 0 radical (unpaired) electrons. The summed E-state index contributed by atoms with van der Waals surface area (Å²) < 4.78 is 15.9. The smallest absolute Gasteiger partial charge is 0.337 e. The largest absolute Gasteiger partial charge is 0.489 e. The fourth-order valence-electron chi connectivity index (χ4n) is 3.18. The number of anilines is 1. The number of carbonyl (C=O) groups is 2. The van der Waals surface area contributed by atoms with E-state index in [1.54, 1.807) is 48.5 Å². The molecule has 4 aromatic rings. The highest BCUT2D eigenvalue weighted by Gasteiger charge is 2.16. The maximum Gasteiger partial charge on any atom is 0.337 e. The van der Waals surface area contributed by atoms with Crippen LogP contribution in [0.4, 0.5) is 5.69 Å². The Bertz CT molecular complexity index is 1360. The summed E-state index contributed by atoms with van der Waals surface area (Å²) in [6.45, 7) is 0.208.